The fourth-order valence-corrected chi connectivity index (χ4v) is 2.30. The van der Waals surface area contributed by atoms with E-state index in [1.54, 1.807) is 0 Å². The van der Waals surface area contributed by atoms with Gasteiger partial charge in [0.05, 0.1) is 0 Å². The molecule has 2 aromatic carbocycles. The number of aliphatic carboxylic acids is 1. The van der Waals surface area contributed by atoms with Crippen LogP contribution in [0.15, 0.2) is 54.6 Å². The van der Waals surface area contributed by atoms with E-state index in [0.717, 1.165) is 16.8 Å². The van der Waals surface area contributed by atoms with Crippen LogP contribution in [0.25, 0.3) is 0 Å². The van der Waals surface area contributed by atoms with Gasteiger partial charge in [-0.2, -0.15) is 0 Å². The Morgan fingerprint density at radius 1 is 1.10 bits per heavy atom. The molecule has 0 aliphatic carbocycles. The molecule has 104 valence electrons. The molecule has 0 radical (unpaired) electrons. The van der Waals surface area contributed by atoms with Crippen LogP contribution in [0.3, 0.4) is 0 Å². The summed E-state index contributed by atoms with van der Waals surface area (Å²) >= 11 is 0. The smallest absolute Gasteiger partial charge is 0.334 e. The Hall–Kier alpha value is -2.29. The van der Waals surface area contributed by atoms with Crippen molar-refractivity contribution >= 4 is 11.7 Å². The van der Waals surface area contributed by atoms with Gasteiger partial charge in [-0.1, -0.05) is 55.0 Å². The molecule has 0 spiro atoms. The molecule has 20 heavy (non-hydrogen) atoms. The van der Waals surface area contributed by atoms with Crippen LogP contribution < -0.4 is 5.32 Å². The van der Waals surface area contributed by atoms with Gasteiger partial charge in [0.2, 0.25) is 0 Å². The maximum Gasteiger partial charge on any atom is 0.334 e. The van der Waals surface area contributed by atoms with Gasteiger partial charge in [0.25, 0.3) is 0 Å². The lowest BCUT2D eigenvalue weighted by Crippen LogP contribution is -2.42. The van der Waals surface area contributed by atoms with Gasteiger partial charge in [-0.25, -0.2) is 4.79 Å². The first-order chi connectivity index (χ1) is 9.58. The molecule has 0 aromatic heterocycles. The van der Waals surface area contributed by atoms with E-state index < -0.39 is 11.5 Å². The summed E-state index contributed by atoms with van der Waals surface area (Å²) in [6, 6.07) is 17.1. The number of hydrogen-bond acceptors (Lipinski definition) is 2. The summed E-state index contributed by atoms with van der Waals surface area (Å²) in [5, 5.41) is 12.9. The molecular formula is C17H19NO2. The van der Waals surface area contributed by atoms with Crippen molar-refractivity contribution in [3.8, 4) is 0 Å². The van der Waals surface area contributed by atoms with Crippen molar-refractivity contribution in [1.29, 1.82) is 0 Å². The zero-order chi connectivity index (χ0) is 14.6. The lowest BCUT2D eigenvalue weighted by atomic mass is 9.87. The van der Waals surface area contributed by atoms with E-state index in [-0.39, 0.29) is 0 Å². The highest BCUT2D eigenvalue weighted by atomic mass is 16.4. The van der Waals surface area contributed by atoms with Crippen LogP contribution >= 0.6 is 0 Å². The lowest BCUT2D eigenvalue weighted by molar-refractivity contribution is -0.142. The fraction of sp³-hybridized carbons (Fsp3) is 0.235. The molecule has 0 amide bonds. The van der Waals surface area contributed by atoms with Crippen LogP contribution in [-0.2, 0) is 10.3 Å². The van der Waals surface area contributed by atoms with Crippen LogP contribution in [0.1, 0.15) is 24.5 Å². The van der Waals surface area contributed by atoms with Gasteiger partial charge in [0, 0.05) is 5.69 Å². The third-order valence-electron chi connectivity index (χ3n) is 3.57. The quantitative estimate of drug-likeness (QED) is 0.868. The molecule has 0 heterocycles. The third-order valence-corrected chi connectivity index (χ3v) is 3.57. The minimum atomic E-state index is -1.10. The van der Waals surface area contributed by atoms with Gasteiger partial charge in [-0.15, -0.1) is 0 Å². The Bertz CT molecular complexity index is 578. The number of nitrogens with one attached hydrogen (secondary N) is 1. The second-order valence-electron chi connectivity index (χ2n) is 4.92. The van der Waals surface area contributed by atoms with E-state index in [9.17, 15) is 9.90 Å². The molecular weight excluding hydrogens is 250 g/mol. The fourth-order valence-electron chi connectivity index (χ4n) is 2.30. The second kappa shape index (κ2) is 5.78. The maximum absolute atomic E-state index is 11.9. The van der Waals surface area contributed by atoms with Crippen molar-refractivity contribution in [2.45, 2.75) is 25.8 Å². The van der Waals surface area contributed by atoms with Gasteiger partial charge >= 0.3 is 5.97 Å². The third kappa shape index (κ3) is 2.67. The van der Waals surface area contributed by atoms with Crippen molar-refractivity contribution in [3.05, 3.63) is 65.7 Å². The van der Waals surface area contributed by atoms with Gasteiger partial charge in [-0.05, 0) is 31.0 Å². The summed E-state index contributed by atoms with van der Waals surface area (Å²) in [7, 11) is 0. The highest BCUT2D eigenvalue weighted by Gasteiger charge is 2.38. The maximum atomic E-state index is 11.9. The van der Waals surface area contributed by atoms with E-state index in [1.807, 2.05) is 68.4 Å². The predicted molar refractivity (Wildman–Crippen MR) is 80.8 cm³/mol. The first-order valence-electron chi connectivity index (χ1n) is 6.72. The summed E-state index contributed by atoms with van der Waals surface area (Å²) in [4.78, 5) is 11.9. The Morgan fingerprint density at radius 2 is 1.70 bits per heavy atom. The highest BCUT2D eigenvalue weighted by molar-refractivity contribution is 5.84. The summed E-state index contributed by atoms with van der Waals surface area (Å²) < 4.78 is 0. The molecule has 3 heteroatoms. The highest BCUT2D eigenvalue weighted by Crippen LogP contribution is 2.30. The normalized spacial score (nSPS) is 13.5. The van der Waals surface area contributed by atoms with E-state index in [1.165, 1.54) is 0 Å². The second-order valence-corrected chi connectivity index (χ2v) is 4.92. The summed E-state index contributed by atoms with van der Waals surface area (Å²) in [5.41, 5.74) is 1.61. The van der Waals surface area contributed by atoms with Gasteiger partial charge in [-0.3, -0.25) is 0 Å². The number of hydrogen-bond donors (Lipinski definition) is 2. The first-order valence-corrected chi connectivity index (χ1v) is 6.72. The zero-order valence-electron chi connectivity index (χ0n) is 11.8. The monoisotopic (exact) mass is 269 g/mol. The number of carboxylic acid groups (broad SMARTS) is 1. The Balaban J connectivity index is 2.42. The Kier molecular flexibility index (Phi) is 4.08. The zero-order valence-corrected chi connectivity index (χ0v) is 11.8. The van der Waals surface area contributed by atoms with Gasteiger partial charge < -0.3 is 10.4 Å². The minimum Gasteiger partial charge on any atom is -0.479 e. The van der Waals surface area contributed by atoms with Gasteiger partial charge in [0.15, 0.2) is 5.54 Å². The van der Waals surface area contributed by atoms with Crippen molar-refractivity contribution in [3.63, 3.8) is 0 Å². The predicted octanol–water partition coefficient (Wildman–Crippen LogP) is 3.80. The number of carboxylic acids is 1. The molecule has 2 rings (SSSR count). The van der Waals surface area contributed by atoms with Crippen LogP contribution in [0.2, 0.25) is 0 Å². The summed E-state index contributed by atoms with van der Waals surface area (Å²) in [6.07, 6.45) is 0.459. The van der Waals surface area contributed by atoms with Gasteiger partial charge in [0.1, 0.15) is 0 Å². The number of carbonyl (C=O) groups is 1. The molecule has 0 aliphatic rings. The van der Waals surface area contributed by atoms with Crippen LogP contribution in [0, 0.1) is 6.92 Å². The number of aryl methyl sites for hydroxylation is 1. The molecule has 2 N–H and O–H groups in total. The van der Waals surface area contributed by atoms with E-state index in [4.69, 9.17) is 0 Å². The van der Waals surface area contributed by atoms with Crippen LogP contribution in [0.5, 0.6) is 0 Å². The van der Waals surface area contributed by atoms with E-state index >= 15 is 0 Å². The summed E-state index contributed by atoms with van der Waals surface area (Å²) in [5.74, 6) is -0.869. The summed E-state index contributed by atoms with van der Waals surface area (Å²) in [6.45, 7) is 3.88. The largest absolute Gasteiger partial charge is 0.479 e. The number of benzene rings is 2. The van der Waals surface area contributed by atoms with Crippen LogP contribution in [-0.4, -0.2) is 11.1 Å². The SMILES string of the molecule is CCC(Nc1ccc(C)cc1)(C(=O)O)c1ccccc1. The van der Waals surface area contributed by atoms with E-state index in [0.29, 0.717) is 6.42 Å². The Labute approximate surface area is 119 Å². The molecule has 0 aliphatic heterocycles. The molecule has 1 atom stereocenters. The number of rotatable bonds is 5. The van der Waals surface area contributed by atoms with E-state index in [2.05, 4.69) is 5.32 Å². The minimum absolute atomic E-state index is 0.459. The lowest BCUT2D eigenvalue weighted by Gasteiger charge is -2.31. The molecule has 3 nitrogen and oxygen atoms in total. The standard InChI is InChI=1S/C17H19NO2/c1-3-17(16(19)20,14-7-5-4-6-8-14)18-15-11-9-13(2)10-12-15/h4-12,18H,3H2,1-2H3,(H,19,20). The van der Waals surface area contributed by atoms with Crippen molar-refractivity contribution in [2.75, 3.05) is 5.32 Å². The number of anilines is 1. The molecule has 0 saturated carbocycles. The Morgan fingerprint density at radius 3 is 2.20 bits per heavy atom. The topological polar surface area (TPSA) is 49.3 Å². The average Bonchev–Trinajstić information content (AvgIpc) is 2.47. The first kappa shape index (κ1) is 14.1. The van der Waals surface area contributed by atoms with Crippen molar-refractivity contribution in [2.24, 2.45) is 0 Å². The molecule has 2 aromatic rings. The average molecular weight is 269 g/mol. The van der Waals surface area contributed by atoms with Crippen molar-refractivity contribution < 1.29 is 9.90 Å². The molecule has 1 unspecified atom stereocenters. The van der Waals surface area contributed by atoms with Crippen LogP contribution in [0.4, 0.5) is 5.69 Å². The van der Waals surface area contributed by atoms with Crippen molar-refractivity contribution in [1.82, 2.24) is 0 Å². The molecule has 0 saturated heterocycles. The molecule has 0 bridgehead atoms. The molecule has 0 fully saturated rings.